The molecule has 202 valence electrons. The predicted octanol–water partition coefficient (Wildman–Crippen LogP) is 4.24. The first kappa shape index (κ1) is 28.2. The van der Waals surface area contributed by atoms with Crippen molar-refractivity contribution in [3.05, 3.63) is 75.8 Å². The van der Waals surface area contributed by atoms with Gasteiger partial charge < -0.3 is 24.6 Å². The maximum atomic E-state index is 12.1. The first-order valence-electron chi connectivity index (χ1n) is 12.3. The smallest absolute Gasteiger partial charge is 0.303 e. The number of rotatable bonds is 10. The van der Waals surface area contributed by atoms with E-state index in [9.17, 15) is 14.7 Å². The van der Waals surface area contributed by atoms with Crippen molar-refractivity contribution in [1.29, 1.82) is 0 Å². The molecule has 1 amide bonds. The van der Waals surface area contributed by atoms with Crippen molar-refractivity contribution >= 4 is 35.0 Å². The molecule has 38 heavy (non-hydrogen) atoms. The fourth-order valence-corrected chi connectivity index (χ4v) is 5.81. The fourth-order valence-electron chi connectivity index (χ4n) is 3.95. The molecule has 4 atom stereocenters. The molecule has 11 heteroatoms. The number of nitrogens with zero attached hydrogens (tertiary/aromatic N) is 2. The normalized spacial score (nSPS) is 20.1. The summed E-state index contributed by atoms with van der Waals surface area (Å²) in [7, 11) is 0. The average Bonchev–Trinajstić information content (AvgIpc) is 3.35. The van der Waals surface area contributed by atoms with Gasteiger partial charge in [-0.3, -0.25) is 9.59 Å². The highest BCUT2D eigenvalue weighted by atomic mass is 32.2. The number of aliphatic hydroxyl groups excluding tert-OH is 1. The maximum Gasteiger partial charge on any atom is 0.303 e. The lowest BCUT2D eigenvalue weighted by Gasteiger charge is -2.36. The molecule has 1 aliphatic heterocycles. The van der Waals surface area contributed by atoms with Crippen LogP contribution in [0.2, 0.25) is 0 Å². The molecule has 2 N–H and O–H groups in total. The van der Waals surface area contributed by atoms with E-state index in [0.29, 0.717) is 18.7 Å². The average molecular weight is 558 g/mol. The van der Waals surface area contributed by atoms with E-state index in [4.69, 9.17) is 14.2 Å². The second-order valence-electron chi connectivity index (χ2n) is 8.96. The number of benzene rings is 2. The Bertz CT molecular complexity index is 1220. The molecule has 0 aliphatic carbocycles. The molecule has 2 aromatic carbocycles. The number of aromatic nitrogens is 2. The van der Waals surface area contributed by atoms with Crippen LogP contribution >= 0.6 is 23.1 Å². The number of hydrogen-bond donors (Lipinski definition) is 2. The van der Waals surface area contributed by atoms with Crippen LogP contribution in [0.1, 0.15) is 59.9 Å². The molecule has 9 nitrogen and oxygen atoms in total. The molecule has 0 saturated carbocycles. The minimum atomic E-state index is -0.849. The summed E-state index contributed by atoms with van der Waals surface area (Å²) in [5.74, 6) is -0.142. The second kappa shape index (κ2) is 13.3. The van der Waals surface area contributed by atoms with Crippen molar-refractivity contribution < 1.29 is 28.9 Å². The third-order valence-corrected chi connectivity index (χ3v) is 8.05. The predicted molar refractivity (Wildman–Crippen MR) is 143 cm³/mol. The van der Waals surface area contributed by atoms with Gasteiger partial charge >= 0.3 is 5.97 Å². The van der Waals surface area contributed by atoms with Crippen molar-refractivity contribution in [3.63, 3.8) is 0 Å². The van der Waals surface area contributed by atoms with Gasteiger partial charge in [0.25, 0.3) is 5.91 Å². The highest BCUT2D eigenvalue weighted by Gasteiger charge is 2.32. The van der Waals surface area contributed by atoms with Crippen molar-refractivity contribution in [3.8, 4) is 0 Å². The van der Waals surface area contributed by atoms with E-state index >= 15 is 0 Å². The summed E-state index contributed by atoms with van der Waals surface area (Å²) in [5.41, 5.74) is 3.63. The molecular weight excluding hydrogens is 526 g/mol. The van der Waals surface area contributed by atoms with E-state index in [1.807, 2.05) is 55.5 Å². The molecule has 0 radical (unpaired) electrons. The van der Waals surface area contributed by atoms with Crippen molar-refractivity contribution in [2.24, 2.45) is 0 Å². The standard InChI is InChI=1S/C27H31N3O6S2/c1-16(34-18(3)32)25(33)28-13-19-4-10-22(11-5-19)26-35-23(15-37-27-30-29-17(2)38-27)12-24(36-26)21-8-6-20(14-31)7-9-21/h4-11,16,23-24,26,31H,12-15H2,1-3H3,(H,28,33)/t16-,23-,24+,26?/m0/s1. The van der Waals surface area contributed by atoms with Crippen LogP contribution in [0.4, 0.5) is 0 Å². The summed E-state index contributed by atoms with van der Waals surface area (Å²) in [6.45, 7) is 5.04. The van der Waals surface area contributed by atoms with Crippen LogP contribution in [0.15, 0.2) is 52.9 Å². The zero-order valence-electron chi connectivity index (χ0n) is 21.5. The Morgan fingerprint density at radius 3 is 2.42 bits per heavy atom. The van der Waals surface area contributed by atoms with Gasteiger partial charge in [-0.1, -0.05) is 71.6 Å². The first-order valence-corrected chi connectivity index (χ1v) is 14.1. The molecule has 2 heterocycles. The number of aliphatic hydroxyl groups is 1. The largest absolute Gasteiger partial charge is 0.453 e. The number of carbonyl (C=O) groups is 2. The lowest BCUT2D eigenvalue weighted by atomic mass is 10.0. The van der Waals surface area contributed by atoms with E-state index in [0.717, 1.165) is 31.6 Å². The number of ether oxygens (including phenoxy) is 3. The minimum Gasteiger partial charge on any atom is -0.453 e. The Balaban J connectivity index is 1.43. The highest BCUT2D eigenvalue weighted by Crippen LogP contribution is 2.39. The number of amides is 1. The van der Waals surface area contributed by atoms with E-state index < -0.39 is 18.4 Å². The van der Waals surface area contributed by atoms with Crippen LogP contribution in [0.25, 0.3) is 0 Å². The lowest BCUT2D eigenvalue weighted by molar-refractivity contribution is -0.245. The lowest BCUT2D eigenvalue weighted by Crippen LogP contribution is -2.35. The quantitative estimate of drug-likeness (QED) is 0.279. The Hall–Kier alpha value is -2.83. The molecule has 3 aromatic rings. The molecule has 0 bridgehead atoms. The minimum absolute atomic E-state index is 0.00641. The third-order valence-electron chi connectivity index (χ3n) is 5.95. The van der Waals surface area contributed by atoms with Gasteiger partial charge in [0.1, 0.15) is 5.01 Å². The van der Waals surface area contributed by atoms with Crippen LogP contribution in [-0.2, 0) is 37.0 Å². The highest BCUT2D eigenvalue weighted by molar-refractivity contribution is 8.01. The summed E-state index contributed by atoms with van der Waals surface area (Å²) in [5, 5.41) is 21.4. The molecule has 1 saturated heterocycles. The number of thioether (sulfide) groups is 1. The SMILES string of the molecule is CC(=O)O[C@@H](C)C(=O)NCc1ccc(C2O[C@H](CSc3nnc(C)s3)C[C@H](c3ccc(CO)cc3)O2)cc1. The van der Waals surface area contributed by atoms with Gasteiger partial charge in [-0.2, -0.15) is 0 Å². The number of esters is 1. The van der Waals surface area contributed by atoms with Crippen molar-refractivity contribution in [2.45, 2.75) is 69.3 Å². The zero-order valence-corrected chi connectivity index (χ0v) is 23.1. The van der Waals surface area contributed by atoms with Gasteiger partial charge in [-0.25, -0.2) is 0 Å². The van der Waals surface area contributed by atoms with Crippen molar-refractivity contribution in [1.82, 2.24) is 15.5 Å². The topological polar surface area (TPSA) is 120 Å². The van der Waals surface area contributed by atoms with Gasteiger partial charge in [0.2, 0.25) is 0 Å². The molecule has 1 fully saturated rings. The van der Waals surface area contributed by atoms with Crippen LogP contribution in [0, 0.1) is 6.92 Å². The second-order valence-corrected chi connectivity index (χ2v) is 11.4. The van der Waals surface area contributed by atoms with Crippen molar-refractivity contribution in [2.75, 3.05) is 5.75 Å². The van der Waals surface area contributed by atoms with Crippen LogP contribution in [-0.4, -0.2) is 45.1 Å². The monoisotopic (exact) mass is 557 g/mol. The summed E-state index contributed by atoms with van der Waals surface area (Å²) in [4.78, 5) is 23.2. The summed E-state index contributed by atoms with van der Waals surface area (Å²) < 4.78 is 18.6. The summed E-state index contributed by atoms with van der Waals surface area (Å²) >= 11 is 3.19. The zero-order chi connectivity index (χ0) is 27.1. The molecule has 1 aromatic heterocycles. The summed E-state index contributed by atoms with van der Waals surface area (Å²) in [6, 6.07) is 15.5. The Kier molecular flexibility index (Phi) is 9.86. The Morgan fingerprint density at radius 1 is 1.11 bits per heavy atom. The number of nitrogens with one attached hydrogen (secondary N) is 1. The van der Waals surface area contributed by atoms with Gasteiger partial charge in [0.15, 0.2) is 16.7 Å². The number of hydrogen-bond acceptors (Lipinski definition) is 10. The summed E-state index contributed by atoms with van der Waals surface area (Å²) in [6.07, 6.45) is -0.986. The first-order chi connectivity index (χ1) is 18.3. The number of carbonyl (C=O) groups excluding carboxylic acids is 2. The van der Waals surface area contributed by atoms with Gasteiger partial charge in [-0.15, -0.1) is 10.2 Å². The van der Waals surface area contributed by atoms with E-state index in [1.54, 1.807) is 23.1 Å². The van der Waals surface area contributed by atoms with E-state index in [-0.39, 0.29) is 24.7 Å². The van der Waals surface area contributed by atoms with Gasteiger partial charge in [0.05, 0.1) is 18.8 Å². The van der Waals surface area contributed by atoms with E-state index in [1.165, 1.54) is 13.8 Å². The molecular formula is C27H31N3O6S2. The van der Waals surface area contributed by atoms with Gasteiger partial charge in [0, 0.05) is 31.2 Å². The molecule has 1 unspecified atom stereocenters. The molecule has 1 aliphatic rings. The number of aryl methyl sites for hydroxylation is 1. The van der Waals surface area contributed by atoms with Crippen LogP contribution in [0.5, 0.6) is 0 Å². The van der Waals surface area contributed by atoms with E-state index in [2.05, 4.69) is 15.5 Å². The fraction of sp³-hybridized carbons (Fsp3) is 0.407. The van der Waals surface area contributed by atoms with Crippen LogP contribution in [0.3, 0.4) is 0 Å². The Morgan fingerprint density at radius 2 is 1.79 bits per heavy atom. The van der Waals surface area contributed by atoms with Crippen LogP contribution < -0.4 is 5.32 Å². The third kappa shape index (κ3) is 7.84. The molecule has 0 spiro atoms. The Labute approximate surface area is 229 Å². The molecule has 4 rings (SSSR count). The van der Waals surface area contributed by atoms with Gasteiger partial charge in [-0.05, 0) is 30.5 Å². The maximum absolute atomic E-state index is 12.1.